The molecule has 1 heterocycles. The Kier molecular flexibility index (Phi) is 3.48. The first-order valence-corrected chi connectivity index (χ1v) is 5.49. The second kappa shape index (κ2) is 5.23. The van der Waals surface area contributed by atoms with Crippen LogP contribution in [0, 0.1) is 0 Å². The molecule has 4 heteroatoms. The van der Waals surface area contributed by atoms with Crippen molar-refractivity contribution in [3.63, 3.8) is 0 Å². The van der Waals surface area contributed by atoms with Crippen LogP contribution in [-0.4, -0.2) is 16.7 Å². The van der Waals surface area contributed by atoms with Crippen molar-refractivity contribution in [2.45, 2.75) is 6.92 Å². The van der Waals surface area contributed by atoms with Crippen molar-refractivity contribution in [2.24, 2.45) is 0 Å². The fraction of sp³-hybridized carbons (Fsp3) is 0.0714. The van der Waals surface area contributed by atoms with Crippen molar-refractivity contribution in [3.8, 4) is 0 Å². The number of ketones is 1. The number of hydrogen-bond donors (Lipinski definition) is 1. The van der Waals surface area contributed by atoms with E-state index in [1.54, 1.807) is 48.8 Å². The summed E-state index contributed by atoms with van der Waals surface area (Å²) < 4.78 is 0. The number of hydrogen-bond acceptors (Lipinski definition) is 3. The maximum Gasteiger partial charge on any atom is 0.221 e. The third-order valence-corrected chi connectivity index (χ3v) is 2.41. The second-order valence-electron chi connectivity index (χ2n) is 3.82. The molecule has 0 saturated carbocycles. The minimum absolute atomic E-state index is 0.0632. The molecule has 4 nitrogen and oxygen atoms in total. The average molecular weight is 240 g/mol. The van der Waals surface area contributed by atoms with Crippen LogP contribution in [0.2, 0.25) is 0 Å². The van der Waals surface area contributed by atoms with Gasteiger partial charge in [-0.3, -0.25) is 14.6 Å². The van der Waals surface area contributed by atoms with Crippen LogP contribution in [0.1, 0.15) is 22.8 Å². The van der Waals surface area contributed by atoms with Crippen molar-refractivity contribution in [1.82, 2.24) is 4.98 Å². The van der Waals surface area contributed by atoms with Gasteiger partial charge in [0.25, 0.3) is 0 Å². The molecule has 90 valence electrons. The predicted molar refractivity (Wildman–Crippen MR) is 68.4 cm³/mol. The molecule has 1 aromatic carbocycles. The van der Waals surface area contributed by atoms with Gasteiger partial charge >= 0.3 is 0 Å². The Labute approximate surface area is 105 Å². The topological polar surface area (TPSA) is 59.1 Å². The first kappa shape index (κ1) is 12.0. The zero-order valence-electron chi connectivity index (χ0n) is 9.88. The number of pyridine rings is 1. The molecule has 0 radical (unpaired) electrons. The summed E-state index contributed by atoms with van der Waals surface area (Å²) in [4.78, 5) is 26.8. The van der Waals surface area contributed by atoms with Crippen LogP contribution in [0.25, 0.3) is 0 Å². The van der Waals surface area contributed by atoms with Gasteiger partial charge in [0, 0.05) is 36.1 Å². The van der Waals surface area contributed by atoms with Crippen LogP contribution in [-0.2, 0) is 4.79 Å². The van der Waals surface area contributed by atoms with Crippen molar-refractivity contribution >= 4 is 17.4 Å². The van der Waals surface area contributed by atoms with Crippen LogP contribution in [0.4, 0.5) is 5.69 Å². The number of carbonyl (C=O) groups is 2. The van der Waals surface area contributed by atoms with E-state index in [0.717, 1.165) is 0 Å². The smallest absolute Gasteiger partial charge is 0.221 e. The van der Waals surface area contributed by atoms with Crippen LogP contribution >= 0.6 is 0 Å². The Morgan fingerprint density at radius 2 is 1.50 bits per heavy atom. The van der Waals surface area contributed by atoms with Gasteiger partial charge in [0.1, 0.15) is 0 Å². The third kappa shape index (κ3) is 2.79. The second-order valence-corrected chi connectivity index (χ2v) is 3.82. The molecule has 2 rings (SSSR count). The van der Waals surface area contributed by atoms with Gasteiger partial charge in [-0.2, -0.15) is 0 Å². The number of nitrogens with one attached hydrogen (secondary N) is 1. The Morgan fingerprint density at radius 1 is 0.944 bits per heavy atom. The van der Waals surface area contributed by atoms with Gasteiger partial charge in [-0.25, -0.2) is 0 Å². The highest BCUT2D eigenvalue weighted by Gasteiger charge is 2.08. The molecule has 0 spiro atoms. The predicted octanol–water partition coefficient (Wildman–Crippen LogP) is 2.27. The van der Waals surface area contributed by atoms with Gasteiger partial charge in [-0.15, -0.1) is 0 Å². The van der Waals surface area contributed by atoms with Crippen LogP contribution in [0.5, 0.6) is 0 Å². The van der Waals surface area contributed by atoms with Gasteiger partial charge in [0.05, 0.1) is 0 Å². The zero-order chi connectivity index (χ0) is 13.0. The van der Waals surface area contributed by atoms with Crippen molar-refractivity contribution < 1.29 is 9.59 Å². The largest absolute Gasteiger partial charge is 0.326 e. The lowest BCUT2D eigenvalue weighted by atomic mass is 10.0. The van der Waals surface area contributed by atoms with E-state index in [1.165, 1.54) is 6.92 Å². The van der Waals surface area contributed by atoms with E-state index < -0.39 is 0 Å². The summed E-state index contributed by atoms with van der Waals surface area (Å²) in [6, 6.07) is 10.1. The Bertz CT molecular complexity index is 562. The molecule has 0 saturated heterocycles. The minimum Gasteiger partial charge on any atom is -0.326 e. The summed E-state index contributed by atoms with van der Waals surface area (Å²) in [5.41, 5.74) is 1.85. The first-order valence-electron chi connectivity index (χ1n) is 5.49. The standard InChI is InChI=1S/C14H12N2O2/c1-10(17)16-13-4-2-11(3-5-13)14(18)12-6-8-15-9-7-12/h2-9H,1H3,(H,16,17). The summed E-state index contributed by atoms with van der Waals surface area (Å²) in [5.74, 6) is -0.199. The summed E-state index contributed by atoms with van der Waals surface area (Å²) in [5, 5.41) is 2.65. The Hall–Kier alpha value is -2.49. The molecular weight excluding hydrogens is 228 g/mol. The van der Waals surface area contributed by atoms with Crippen molar-refractivity contribution in [2.75, 3.05) is 5.32 Å². The molecule has 0 aliphatic heterocycles. The third-order valence-electron chi connectivity index (χ3n) is 2.41. The van der Waals surface area contributed by atoms with Gasteiger partial charge in [0.2, 0.25) is 5.91 Å². The lowest BCUT2D eigenvalue weighted by Crippen LogP contribution is -2.06. The minimum atomic E-state index is -0.136. The van der Waals surface area contributed by atoms with Crippen LogP contribution in [0.15, 0.2) is 48.8 Å². The molecule has 0 bridgehead atoms. The zero-order valence-corrected chi connectivity index (χ0v) is 9.88. The fourth-order valence-electron chi connectivity index (χ4n) is 1.58. The molecule has 2 aromatic rings. The lowest BCUT2D eigenvalue weighted by molar-refractivity contribution is -0.114. The molecule has 1 amide bonds. The molecule has 18 heavy (non-hydrogen) atoms. The summed E-state index contributed by atoms with van der Waals surface area (Å²) in [6.45, 7) is 1.44. The van der Waals surface area contributed by atoms with Crippen LogP contribution in [0.3, 0.4) is 0 Å². The number of benzene rings is 1. The average Bonchev–Trinajstić information content (AvgIpc) is 2.39. The monoisotopic (exact) mass is 240 g/mol. The van der Waals surface area contributed by atoms with Gasteiger partial charge in [-0.1, -0.05) is 0 Å². The SMILES string of the molecule is CC(=O)Nc1ccc(C(=O)c2ccncc2)cc1. The van der Waals surface area contributed by atoms with Crippen molar-refractivity contribution in [3.05, 3.63) is 59.9 Å². The van der Waals surface area contributed by atoms with Crippen molar-refractivity contribution in [1.29, 1.82) is 0 Å². The number of amides is 1. The molecule has 0 aliphatic carbocycles. The molecule has 1 N–H and O–H groups in total. The quantitative estimate of drug-likeness (QED) is 0.837. The highest BCUT2D eigenvalue weighted by Crippen LogP contribution is 2.13. The molecule has 0 unspecified atom stereocenters. The number of aromatic nitrogens is 1. The number of rotatable bonds is 3. The molecule has 0 atom stereocenters. The van der Waals surface area contributed by atoms with Crippen LogP contribution < -0.4 is 5.32 Å². The number of anilines is 1. The van der Waals surface area contributed by atoms with E-state index in [0.29, 0.717) is 16.8 Å². The number of nitrogens with zero attached hydrogens (tertiary/aromatic N) is 1. The molecule has 0 aliphatic rings. The van der Waals surface area contributed by atoms with E-state index in [1.807, 2.05) is 0 Å². The molecule has 1 aromatic heterocycles. The highest BCUT2D eigenvalue weighted by molar-refractivity contribution is 6.09. The molecular formula is C14H12N2O2. The highest BCUT2D eigenvalue weighted by atomic mass is 16.1. The van der Waals surface area contributed by atoms with E-state index in [-0.39, 0.29) is 11.7 Å². The maximum absolute atomic E-state index is 12.1. The summed E-state index contributed by atoms with van der Waals surface area (Å²) in [7, 11) is 0. The van der Waals surface area contributed by atoms with Gasteiger partial charge in [0.15, 0.2) is 5.78 Å². The van der Waals surface area contributed by atoms with Gasteiger partial charge < -0.3 is 5.32 Å². The van der Waals surface area contributed by atoms with E-state index in [9.17, 15) is 9.59 Å². The first-order chi connectivity index (χ1) is 8.66. The Balaban J connectivity index is 2.20. The lowest BCUT2D eigenvalue weighted by Gasteiger charge is -2.04. The van der Waals surface area contributed by atoms with E-state index in [4.69, 9.17) is 0 Å². The number of carbonyl (C=O) groups excluding carboxylic acids is 2. The van der Waals surface area contributed by atoms with Gasteiger partial charge in [-0.05, 0) is 36.4 Å². The van der Waals surface area contributed by atoms with E-state index >= 15 is 0 Å². The summed E-state index contributed by atoms with van der Waals surface area (Å²) in [6.07, 6.45) is 3.16. The summed E-state index contributed by atoms with van der Waals surface area (Å²) >= 11 is 0. The fourth-order valence-corrected chi connectivity index (χ4v) is 1.58. The van der Waals surface area contributed by atoms with E-state index in [2.05, 4.69) is 10.3 Å². The maximum atomic E-state index is 12.1. The Morgan fingerprint density at radius 3 is 2.06 bits per heavy atom. The molecule has 0 fully saturated rings. The normalized spacial score (nSPS) is 9.83.